The molecule has 0 amide bonds. The predicted octanol–water partition coefficient (Wildman–Crippen LogP) is 5.54. The van der Waals surface area contributed by atoms with Gasteiger partial charge in [-0.15, -0.1) is 0 Å². The van der Waals surface area contributed by atoms with Crippen molar-refractivity contribution in [1.82, 2.24) is 14.6 Å². The number of aromatic nitrogens is 3. The monoisotopic (exact) mass is 479 g/mol. The molecule has 3 rings (SSSR count). The number of carbonyl (C=O) groups excluding carboxylic acids is 1. The second-order valence-corrected chi connectivity index (χ2v) is 8.85. The van der Waals surface area contributed by atoms with Crippen LogP contribution in [-0.4, -0.2) is 32.8 Å². The first-order valence-electron chi connectivity index (χ1n) is 9.27. The molecule has 0 spiro atoms. The summed E-state index contributed by atoms with van der Waals surface area (Å²) in [6.07, 6.45) is -1.00. The third-order valence-corrected chi connectivity index (χ3v) is 4.98. The number of aryl methyl sites for hydroxylation is 1. The minimum atomic E-state index is -1.00. The number of nitrogens with zero attached hydrogens (tertiary/aromatic N) is 3. The second kappa shape index (κ2) is 8.42. The molecule has 6 nitrogen and oxygen atoms in total. The molecule has 2 aromatic heterocycles. The Labute approximate surface area is 183 Å². The van der Waals surface area contributed by atoms with Crippen molar-refractivity contribution in [3.05, 3.63) is 51.2 Å². The smallest absolute Gasteiger partial charge is 0.340 e. The summed E-state index contributed by atoms with van der Waals surface area (Å²) < 4.78 is 13.7. The Morgan fingerprint density at radius 3 is 2.66 bits per heavy atom. The summed E-state index contributed by atoms with van der Waals surface area (Å²) in [7, 11) is 0. The van der Waals surface area contributed by atoms with E-state index in [1.165, 1.54) is 4.52 Å². The number of halogens is 2. The summed E-state index contributed by atoms with van der Waals surface area (Å²) in [4.78, 5) is 17.3. The highest BCUT2D eigenvalue weighted by Crippen LogP contribution is 2.34. The molecule has 0 unspecified atom stereocenters. The molecular weight excluding hydrogens is 458 g/mol. The summed E-state index contributed by atoms with van der Waals surface area (Å²) in [6.45, 7) is 9.39. The Balaban J connectivity index is 2.15. The molecule has 29 heavy (non-hydrogen) atoms. The number of rotatable bonds is 5. The summed E-state index contributed by atoms with van der Waals surface area (Å²) in [5, 5.41) is 4.88. The fraction of sp³-hybridized carbons (Fsp3) is 0.381. The Hall–Kier alpha value is -1.96. The third kappa shape index (κ3) is 4.79. The third-order valence-electron chi connectivity index (χ3n) is 4.13. The quantitative estimate of drug-likeness (QED) is 0.354. The summed E-state index contributed by atoms with van der Waals surface area (Å²) >= 11 is 10.2. The van der Waals surface area contributed by atoms with Crippen LogP contribution in [-0.2, 0) is 14.3 Å². The standard InChI is InChI=1S/C21H23BrClN3O3/c1-6-28-20(27)18(29-21(3,4)5)17-12(2)24-16-11-15(25-26(16)19(17)23)13-8-7-9-14(22)10-13/h7-11,18H,6H2,1-5H3/t18-/m0/s1. The summed E-state index contributed by atoms with van der Waals surface area (Å²) in [6, 6.07) is 9.66. The number of ether oxygens (including phenoxy) is 2. The van der Waals surface area contributed by atoms with Crippen LogP contribution in [0.3, 0.4) is 0 Å². The van der Waals surface area contributed by atoms with Gasteiger partial charge in [0.2, 0.25) is 0 Å². The highest BCUT2D eigenvalue weighted by atomic mass is 79.9. The molecule has 0 aliphatic carbocycles. The van der Waals surface area contributed by atoms with Crippen molar-refractivity contribution in [2.45, 2.75) is 46.3 Å². The van der Waals surface area contributed by atoms with E-state index in [0.717, 1.165) is 15.7 Å². The number of carbonyl (C=O) groups is 1. The van der Waals surface area contributed by atoms with Crippen LogP contribution < -0.4 is 0 Å². The maximum absolute atomic E-state index is 12.7. The van der Waals surface area contributed by atoms with Crippen molar-refractivity contribution in [1.29, 1.82) is 0 Å². The molecule has 3 aromatic rings. The minimum Gasteiger partial charge on any atom is -0.464 e. The Kier molecular flexibility index (Phi) is 6.31. The molecule has 8 heteroatoms. The van der Waals surface area contributed by atoms with Gasteiger partial charge < -0.3 is 9.47 Å². The number of hydrogen-bond acceptors (Lipinski definition) is 5. The molecule has 0 bridgehead atoms. The first kappa shape index (κ1) is 21.7. The lowest BCUT2D eigenvalue weighted by atomic mass is 10.1. The van der Waals surface area contributed by atoms with Gasteiger partial charge in [0.25, 0.3) is 0 Å². The minimum absolute atomic E-state index is 0.240. The van der Waals surface area contributed by atoms with Gasteiger partial charge in [0.05, 0.1) is 23.5 Å². The van der Waals surface area contributed by atoms with E-state index in [2.05, 4.69) is 26.0 Å². The molecule has 2 heterocycles. The van der Waals surface area contributed by atoms with Crippen molar-refractivity contribution in [2.75, 3.05) is 6.61 Å². The van der Waals surface area contributed by atoms with E-state index in [4.69, 9.17) is 21.1 Å². The van der Waals surface area contributed by atoms with Crippen molar-refractivity contribution in [2.24, 2.45) is 0 Å². The zero-order valence-electron chi connectivity index (χ0n) is 17.0. The zero-order valence-corrected chi connectivity index (χ0v) is 19.3. The average Bonchev–Trinajstić information content (AvgIpc) is 3.04. The van der Waals surface area contributed by atoms with E-state index in [9.17, 15) is 4.79 Å². The molecule has 0 saturated heterocycles. The van der Waals surface area contributed by atoms with Gasteiger partial charge in [-0.05, 0) is 46.8 Å². The van der Waals surface area contributed by atoms with Crippen LogP contribution in [0, 0.1) is 6.92 Å². The molecule has 0 aliphatic rings. The van der Waals surface area contributed by atoms with Gasteiger partial charge in [0.1, 0.15) is 5.15 Å². The topological polar surface area (TPSA) is 65.7 Å². The van der Waals surface area contributed by atoms with Gasteiger partial charge in [-0.25, -0.2) is 14.3 Å². The second-order valence-electron chi connectivity index (χ2n) is 7.57. The van der Waals surface area contributed by atoms with Crippen molar-refractivity contribution in [3.8, 4) is 11.3 Å². The first-order chi connectivity index (χ1) is 13.6. The molecule has 0 N–H and O–H groups in total. The largest absolute Gasteiger partial charge is 0.464 e. The zero-order chi connectivity index (χ0) is 21.3. The van der Waals surface area contributed by atoms with Crippen molar-refractivity contribution in [3.63, 3.8) is 0 Å². The van der Waals surface area contributed by atoms with Crippen LogP contribution in [0.5, 0.6) is 0 Å². The van der Waals surface area contributed by atoms with Crippen LogP contribution in [0.1, 0.15) is 45.1 Å². The van der Waals surface area contributed by atoms with Gasteiger partial charge >= 0.3 is 5.97 Å². The molecule has 0 saturated carbocycles. The molecule has 0 aliphatic heterocycles. The molecule has 1 atom stereocenters. The van der Waals surface area contributed by atoms with E-state index in [1.807, 2.05) is 51.1 Å². The van der Waals surface area contributed by atoms with E-state index in [1.54, 1.807) is 13.8 Å². The highest BCUT2D eigenvalue weighted by Gasteiger charge is 2.33. The normalized spacial score (nSPS) is 12.9. The lowest BCUT2D eigenvalue weighted by molar-refractivity contribution is -0.167. The Morgan fingerprint density at radius 2 is 2.03 bits per heavy atom. The van der Waals surface area contributed by atoms with Crippen LogP contribution in [0.4, 0.5) is 0 Å². The molecule has 0 radical (unpaired) electrons. The van der Waals surface area contributed by atoms with E-state index in [0.29, 0.717) is 16.9 Å². The first-order valence-corrected chi connectivity index (χ1v) is 10.4. The lowest BCUT2D eigenvalue weighted by Gasteiger charge is -2.27. The number of esters is 1. The van der Waals surface area contributed by atoms with Crippen LogP contribution >= 0.6 is 27.5 Å². The molecular formula is C21H23BrClN3O3. The fourth-order valence-electron chi connectivity index (χ4n) is 2.97. The summed E-state index contributed by atoms with van der Waals surface area (Å²) in [5.74, 6) is -0.507. The number of hydrogen-bond donors (Lipinski definition) is 0. The Morgan fingerprint density at radius 1 is 1.31 bits per heavy atom. The SMILES string of the molecule is CCOC(=O)[C@@H](OC(C)(C)C)c1c(C)nc2cc(-c3cccc(Br)c3)nn2c1Cl. The maximum Gasteiger partial charge on any atom is 0.340 e. The molecule has 1 aromatic carbocycles. The van der Waals surface area contributed by atoms with E-state index >= 15 is 0 Å². The summed E-state index contributed by atoms with van der Waals surface area (Å²) in [5.41, 5.74) is 2.69. The lowest BCUT2D eigenvalue weighted by Crippen LogP contribution is -2.30. The van der Waals surface area contributed by atoms with Crippen LogP contribution in [0.15, 0.2) is 34.8 Å². The van der Waals surface area contributed by atoms with Crippen LogP contribution in [0.25, 0.3) is 16.9 Å². The van der Waals surface area contributed by atoms with Gasteiger partial charge in [0, 0.05) is 21.8 Å². The van der Waals surface area contributed by atoms with E-state index < -0.39 is 17.7 Å². The fourth-order valence-corrected chi connectivity index (χ4v) is 3.73. The maximum atomic E-state index is 12.7. The molecule has 0 fully saturated rings. The van der Waals surface area contributed by atoms with Gasteiger partial charge in [-0.1, -0.05) is 39.7 Å². The molecule has 154 valence electrons. The highest BCUT2D eigenvalue weighted by molar-refractivity contribution is 9.10. The number of fused-ring (bicyclic) bond motifs is 1. The van der Waals surface area contributed by atoms with Crippen LogP contribution in [0.2, 0.25) is 5.15 Å². The van der Waals surface area contributed by atoms with Crippen molar-refractivity contribution < 1.29 is 14.3 Å². The van der Waals surface area contributed by atoms with Crippen molar-refractivity contribution >= 4 is 39.1 Å². The van der Waals surface area contributed by atoms with E-state index in [-0.39, 0.29) is 11.8 Å². The average molecular weight is 481 g/mol. The predicted molar refractivity (Wildman–Crippen MR) is 116 cm³/mol. The Bertz CT molecular complexity index is 1060. The van der Waals surface area contributed by atoms with Gasteiger partial charge in [-0.2, -0.15) is 5.10 Å². The number of benzene rings is 1. The van der Waals surface area contributed by atoms with Gasteiger partial charge in [-0.3, -0.25) is 0 Å². The van der Waals surface area contributed by atoms with Gasteiger partial charge in [0.15, 0.2) is 11.8 Å².